The molecule has 3 aromatic rings. The molecule has 0 fully saturated rings. The third-order valence-corrected chi connectivity index (χ3v) is 5.70. The first-order chi connectivity index (χ1) is 12.5. The molecule has 0 amide bonds. The van der Waals surface area contributed by atoms with Crippen molar-refractivity contribution in [3.8, 4) is 5.75 Å². The van der Waals surface area contributed by atoms with Gasteiger partial charge in [-0.25, -0.2) is 12.8 Å². The molecule has 0 heterocycles. The summed E-state index contributed by atoms with van der Waals surface area (Å²) in [6, 6.07) is 21.0. The molecular formula is C20H18FNO3S. The number of rotatable bonds is 6. The maximum absolute atomic E-state index is 13.3. The van der Waals surface area contributed by atoms with Gasteiger partial charge in [-0.05, 0) is 42.0 Å². The van der Waals surface area contributed by atoms with Gasteiger partial charge in [0.1, 0.15) is 11.6 Å². The van der Waals surface area contributed by atoms with Gasteiger partial charge in [-0.3, -0.25) is 4.31 Å². The van der Waals surface area contributed by atoms with Crippen molar-refractivity contribution >= 4 is 15.7 Å². The first-order valence-corrected chi connectivity index (χ1v) is 9.41. The van der Waals surface area contributed by atoms with Crippen LogP contribution in [0.4, 0.5) is 10.1 Å². The van der Waals surface area contributed by atoms with Gasteiger partial charge in [0.2, 0.25) is 0 Å². The molecule has 0 radical (unpaired) electrons. The highest BCUT2D eigenvalue weighted by Crippen LogP contribution is 2.33. The summed E-state index contributed by atoms with van der Waals surface area (Å²) < 4.78 is 46.4. The Hall–Kier alpha value is -2.86. The van der Waals surface area contributed by atoms with E-state index in [0.717, 1.165) is 17.7 Å². The minimum absolute atomic E-state index is 0.0146. The zero-order valence-electron chi connectivity index (χ0n) is 14.2. The van der Waals surface area contributed by atoms with E-state index in [9.17, 15) is 12.8 Å². The van der Waals surface area contributed by atoms with Crippen LogP contribution in [0.5, 0.6) is 5.75 Å². The fraction of sp³-hybridized carbons (Fsp3) is 0.100. The Morgan fingerprint density at radius 1 is 0.885 bits per heavy atom. The van der Waals surface area contributed by atoms with Crippen LogP contribution < -0.4 is 9.04 Å². The van der Waals surface area contributed by atoms with E-state index >= 15 is 0 Å². The maximum Gasteiger partial charge on any atom is 0.264 e. The number of anilines is 1. The van der Waals surface area contributed by atoms with Crippen LogP contribution in [0, 0.1) is 5.82 Å². The standard InChI is InChI=1S/C20H18FNO3S/c1-25-20-10-6-5-9-19(20)22(15-16-7-3-2-4-8-16)26(23,24)18-13-11-17(21)12-14-18/h2-14H,15H2,1H3. The van der Waals surface area contributed by atoms with E-state index in [4.69, 9.17) is 4.74 Å². The Morgan fingerprint density at radius 3 is 2.15 bits per heavy atom. The summed E-state index contributed by atoms with van der Waals surface area (Å²) >= 11 is 0. The molecule has 0 saturated carbocycles. The molecule has 0 aliphatic carbocycles. The highest BCUT2D eigenvalue weighted by Gasteiger charge is 2.27. The van der Waals surface area contributed by atoms with Gasteiger partial charge >= 0.3 is 0 Å². The van der Waals surface area contributed by atoms with Crippen molar-refractivity contribution < 1.29 is 17.5 Å². The lowest BCUT2D eigenvalue weighted by molar-refractivity contribution is 0.415. The van der Waals surface area contributed by atoms with Crippen LogP contribution in [0.15, 0.2) is 83.8 Å². The van der Waals surface area contributed by atoms with Crippen LogP contribution in [0.2, 0.25) is 0 Å². The third-order valence-electron chi connectivity index (χ3n) is 3.92. The number of nitrogens with zero attached hydrogens (tertiary/aromatic N) is 1. The molecule has 26 heavy (non-hydrogen) atoms. The van der Waals surface area contributed by atoms with Gasteiger partial charge in [0.05, 0.1) is 24.2 Å². The molecule has 0 bridgehead atoms. The molecule has 134 valence electrons. The average Bonchev–Trinajstić information content (AvgIpc) is 2.67. The van der Waals surface area contributed by atoms with Crippen molar-refractivity contribution in [2.45, 2.75) is 11.4 Å². The second kappa shape index (κ2) is 7.58. The topological polar surface area (TPSA) is 46.6 Å². The van der Waals surface area contributed by atoms with Crippen molar-refractivity contribution in [2.24, 2.45) is 0 Å². The number of benzene rings is 3. The van der Waals surface area contributed by atoms with Gasteiger partial charge < -0.3 is 4.74 Å². The van der Waals surface area contributed by atoms with Gasteiger partial charge in [-0.2, -0.15) is 0 Å². The molecule has 4 nitrogen and oxygen atoms in total. The predicted octanol–water partition coefficient (Wildman–Crippen LogP) is 4.23. The first kappa shape index (κ1) is 17.9. The summed E-state index contributed by atoms with van der Waals surface area (Å²) in [5, 5.41) is 0. The second-order valence-corrected chi connectivity index (χ2v) is 7.49. The number of para-hydroxylation sites is 2. The lowest BCUT2D eigenvalue weighted by Crippen LogP contribution is -2.31. The molecule has 3 rings (SSSR count). The Kier molecular flexibility index (Phi) is 5.23. The summed E-state index contributed by atoms with van der Waals surface area (Å²) in [6.07, 6.45) is 0. The summed E-state index contributed by atoms with van der Waals surface area (Å²) in [5.74, 6) is -0.0510. The lowest BCUT2D eigenvalue weighted by atomic mass is 10.2. The fourth-order valence-electron chi connectivity index (χ4n) is 2.62. The van der Waals surface area contributed by atoms with Crippen LogP contribution in [-0.2, 0) is 16.6 Å². The van der Waals surface area contributed by atoms with Crippen molar-refractivity contribution in [3.63, 3.8) is 0 Å². The summed E-state index contributed by atoms with van der Waals surface area (Å²) in [4.78, 5) is 0.0146. The zero-order valence-corrected chi connectivity index (χ0v) is 15.0. The number of hydrogen-bond donors (Lipinski definition) is 0. The molecule has 3 aromatic carbocycles. The SMILES string of the molecule is COc1ccccc1N(Cc1ccccc1)S(=O)(=O)c1ccc(F)cc1. The Morgan fingerprint density at radius 2 is 1.50 bits per heavy atom. The first-order valence-electron chi connectivity index (χ1n) is 7.97. The summed E-state index contributed by atoms with van der Waals surface area (Å²) in [6.45, 7) is 0.126. The highest BCUT2D eigenvalue weighted by atomic mass is 32.2. The minimum atomic E-state index is -3.92. The molecule has 0 N–H and O–H groups in total. The average molecular weight is 371 g/mol. The Labute approximate surface area is 152 Å². The van der Waals surface area contributed by atoms with Crippen molar-refractivity contribution in [1.82, 2.24) is 0 Å². The van der Waals surface area contributed by atoms with Gasteiger partial charge in [0.15, 0.2) is 0 Å². The van der Waals surface area contributed by atoms with Gasteiger partial charge in [0, 0.05) is 0 Å². The van der Waals surface area contributed by atoms with Crippen LogP contribution in [0.3, 0.4) is 0 Å². The molecule has 0 aromatic heterocycles. The molecule has 0 unspecified atom stereocenters. The summed E-state index contributed by atoms with van der Waals surface area (Å²) in [5.41, 5.74) is 1.24. The van der Waals surface area contributed by atoms with Crippen molar-refractivity contribution in [1.29, 1.82) is 0 Å². The third kappa shape index (κ3) is 3.70. The smallest absolute Gasteiger partial charge is 0.264 e. The van der Waals surface area contributed by atoms with E-state index in [1.165, 1.54) is 23.5 Å². The van der Waals surface area contributed by atoms with Crippen LogP contribution in [-0.4, -0.2) is 15.5 Å². The van der Waals surface area contributed by atoms with Crippen molar-refractivity contribution in [3.05, 3.63) is 90.2 Å². The lowest BCUT2D eigenvalue weighted by Gasteiger charge is -2.26. The number of ether oxygens (including phenoxy) is 1. The highest BCUT2D eigenvalue weighted by molar-refractivity contribution is 7.92. The molecule has 0 spiro atoms. The molecule has 6 heteroatoms. The van der Waals surface area contributed by atoms with Crippen LogP contribution in [0.1, 0.15) is 5.56 Å². The monoisotopic (exact) mass is 371 g/mol. The predicted molar refractivity (Wildman–Crippen MR) is 99.2 cm³/mol. The van der Waals surface area contributed by atoms with E-state index in [2.05, 4.69) is 0 Å². The van der Waals surface area contributed by atoms with E-state index in [1.807, 2.05) is 30.3 Å². The minimum Gasteiger partial charge on any atom is -0.495 e. The molecular weight excluding hydrogens is 353 g/mol. The Balaban J connectivity index is 2.12. The van der Waals surface area contributed by atoms with E-state index in [1.54, 1.807) is 24.3 Å². The second-order valence-electron chi connectivity index (χ2n) is 5.62. The zero-order chi connectivity index (χ0) is 18.6. The molecule has 0 aliphatic rings. The van der Waals surface area contributed by atoms with Gasteiger partial charge in [-0.1, -0.05) is 42.5 Å². The molecule has 0 saturated heterocycles. The van der Waals surface area contributed by atoms with Gasteiger partial charge in [0.25, 0.3) is 10.0 Å². The van der Waals surface area contributed by atoms with Crippen molar-refractivity contribution in [2.75, 3.05) is 11.4 Å². The van der Waals surface area contributed by atoms with Gasteiger partial charge in [-0.15, -0.1) is 0 Å². The quantitative estimate of drug-likeness (QED) is 0.651. The maximum atomic E-state index is 13.3. The van der Waals surface area contributed by atoms with E-state index < -0.39 is 15.8 Å². The fourth-order valence-corrected chi connectivity index (χ4v) is 4.08. The molecule has 0 atom stereocenters. The Bertz CT molecular complexity index is 973. The number of halogens is 1. The van der Waals surface area contributed by atoms with E-state index in [-0.39, 0.29) is 11.4 Å². The largest absolute Gasteiger partial charge is 0.495 e. The number of sulfonamides is 1. The summed E-state index contributed by atoms with van der Waals surface area (Å²) in [7, 11) is -2.42. The van der Waals surface area contributed by atoms with Crippen LogP contribution >= 0.6 is 0 Å². The number of methoxy groups -OCH3 is 1. The number of hydrogen-bond acceptors (Lipinski definition) is 3. The van der Waals surface area contributed by atoms with E-state index in [0.29, 0.717) is 11.4 Å². The molecule has 0 aliphatic heterocycles. The van der Waals surface area contributed by atoms with Crippen LogP contribution in [0.25, 0.3) is 0 Å². The normalized spacial score (nSPS) is 11.2.